The number of benzene rings is 1. The van der Waals surface area contributed by atoms with Gasteiger partial charge in [-0.05, 0) is 31.5 Å². The van der Waals surface area contributed by atoms with Crippen molar-refractivity contribution in [3.05, 3.63) is 60.1 Å². The van der Waals surface area contributed by atoms with E-state index in [-0.39, 0.29) is 19.6 Å². The number of carbonyl (C=O) groups excluding carboxylic acids is 2. The average Bonchev–Trinajstić information content (AvgIpc) is 3.22. The van der Waals surface area contributed by atoms with Crippen LogP contribution in [0.3, 0.4) is 0 Å². The molecule has 1 aliphatic heterocycles. The third-order valence-electron chi connectivity index (χ3n) is 4.89. The quantitative estimate of drug-likeness (QED) is 0.555. The van der Waals surface area contributed by atoms with Gasteiger partial charge in [-0.3, -0.25) is 14.4 Å². The molecule has 1 saturated heterocycles. The van der Waals surface area contributed by atoms with Gasteiger partial charge in [0.1, 0.15) is 17.9 Å². The van der Waals surface area contributed by atoms with Crippen LogP contribution in [0.15, 0.2) is 53.1 Å². The Bertz CT molecular complexity index is 770. The second-order valence-corrected chi connectivity index (χ2v) is 6.59. The van der Waals surface area contributed by atoms with Gasteiger partial charge in [-0.1, -0.05) is 30.3 Å². The van der Waals surface area contributed by atoms with Crippen molar-refractivity contribution in [2.45, 2.75) is 32.4 Å². The van der Waals surface area contributed by atoms with E-state index in [1.165, 1.54) is 11.3 Å². The fraction of sp³-hybridized carbons (Fsp3) is 0.429. The van der Waals surface area contributed by atoms with Crippen LogP contribution in [0.5, 0.6) is 0 Å². The summed E-state index contributed by atoms with van der Waals surface area (Å²) in [4.78, 5) is 32.5. The van der Waals surface area contributed by atoms with Crippen LogP contribution in [0.1, 0.15) is 43.7 Å². The molecule has 1 aliphatic rings. The van der Waals surface area contributed by atoms with Gasteiger partial charge >= 0.3 is 11.9 Å². The zero-order valence-electron chi connectivity index (χ0n) is 16.3. The highest BCUT2D eigenvalue weighted by Crippen LogP contribution is 2.52. The molecular weight excluding hydrogens is 362 g/mol. The van der Waals surface area contributed by atoms with Gasteiger partial charge in [0, 0.05) is 13.5 Å². The Balaban J connectivity index is 2.13. The maximum atomic E-state index is 13.2. The predicted octanol–water partition coefficient (Wildman–Crippen LogP) is 3.44. The van der Waals surface area contributed by atoms with E-state index in [4.69, 9.17) is 18.7 Å². The zero-order valence-corrected chi connectivity index (χ0v) is 16.3. The Morgan fingerprint density at radius 3 is 2.25 bits per heavy atom. The molecule has 0 radical (unpaired) electrons. The van der Waals surface area contributed by atoms with Crippen molar-refractivity contribution >= 4 is 11.9 Å². The van der Waals surface area contributed by atoms with E-state index in [1.54, 1.807) is 33.0 Å². The molecule has 150 valence electrons. The van der Waals surface area contributed by atoms with Crippen LogP contribution in [0, 0.1) is 5.41 Å². The minimum atomic E-state index is -1.63. The molecule has 7 nitrogen and oxygen atoms in total. The molecule has 0 bridgehead atoms. The van der Waals surface area contributed by atoms with Crippen LogP contribution in [0.25, 0.3) is 0 Å². The summed E-state index contributed by atoms with van der Waals surface area (Å²) in [5.41, 5.74) is -0.776. The van der Waals surface area contributed by atoms with Crippen molar-refractivity contribution in [2.24, 2.45) is 5.41 Å². The summed E-state index contributed by atoms with van der Waals surface area (Å²) in [6, 6.07) is 12.0. The number of carbonyl (C=O) groups is 2. The largest absolute Gasteiger partial charge is 0.468 e. The van der Waals surface area contributed by atoms with Crippen LogP contribution < -0.4 is 0 Å². The standard InChI is InChI=1S/C21H25NO6/c1-4-25-19(23)21(20(24)26-5-2)14-17(15-10-7-6-8-11-15)28-22(3)18(21)16-12-9-13-27-16/h6-13,17-18H,4-5,14H2,1-3H3/t17-,18+/m0/s1. The number of hydrogen-bond acceptors (Lipinski definition) is 7. The van der Waals surface area contributed by atoms with E-state index in [0.29, 0.717) is 5.76 Å². The van der Waals surface area contributed by atoms with Crippen LogP contribution in [0.4, 0.5) is 0 Å². The summed E-state index contributed by atoms with van der Waals surface area (Å²) in [6.45, 7) is 3.70. The molecule has 0 unspecified atom stereocenters. The van der Waals surface area contributed by atoms with Gasteiger partial charge in [-0.2, -0.15) is 5.06 Å². The average molecular weight is 387 g/mol. The van der Waals surface area contributed by atoms with E-state index < -0.39 is 29.5 Å². The highest BCUT2D eigenvalue weighted by molar-refractivity contribution is 6.01. The molecule has 1 aromatic carbocycles. The van der Waals surface area contributed by atoms with E-state index in [9.17, 15) is 9.59 Å². The smallest absolute Gasteiger partial charge is 0.325 e. The van der Waals surface area contributed by atoms with Gasteiger partial charge < -0.3 is 13.9 Å². The first-order valence-electron chi connectivity index (χ1n) is 9.37. The van der Waals surface area contributed by atoms with Crippen LogP contribution in [-0.4, -0.2) is 37.3 Å². The lowest BCUT2D eigenvalue weighted by Crippen LogP contribution is -2.56. The van der Waals surface area contributed by atoms with Gasteiger partial charge in [0.25, 0.3) is 0 Å². The van der Waals surface area contributed by atoms with Gasteiger partial charge in [-0.25, -0.2) is 0 Å². The molecule has 0 N–H and O–H groups in total. The number of esters is 2. The van der Waals surface area contributed by atoms with Crippen LogP contribution in [0.2, 0.25) is 0 Å². The third-order valence-corrected chi connectivity index (χ3v) is 4.89. The van der Waals surface area contributed by atoms with Crippen molar-refractivity contribution in [1.29, 1.82) is 0 Å². The molecule has 0 aliphatic carbocycles. The van der Waals surface area contributed by atoms with Gasteiger partial charge in [0.2, 0.25) is 0 Å². The minimum Gasteiger partial charge on any atom is -0.468 e. The Hall–Kier alpha value is -2.64. The maximum absolute atomic E-state index is 13.2. The van der Waals surface area contributed by atoms with E-state index >= 15 is 0 Å². The van der Waals surface area contributed by atoms with Crippen molar-refractivity contribution in [3.63, 3.8) is 0 Å². The number of ether oxygens (including phenoxy) is 2. The molecule has 28 heavy (non-hydrogen) atoms. The molecule has 7 heteroatoms. The maximum Gasteiger partial charge on any atom is 0.325 e. The first-order valence-corrected chi connectivity index (χ1v) is 9.37. The summed E-state index contributed by atoms with van der Waals surface area (Å²) >= 11 is 0. The van der Waals surface area contributed by atoms with Crippen LogP contribution in [-0.2, 0) is 23.9 Å². The number of furan rings is 1. The molecule has 1 aromatic heterocycles. The second kappa shape index (κ2) is 8.58. The molecule has 0 spiro atoms. The van der Waals surface area contributed by atoms with Crippen molar-refractivity contribution in [2.75, 3.05) is 20.3 Å². The van der Waals surface area contributed by atoms with E-state index in [2.05, 4.69) is 0 Å². The molecule has 0 saturated carbocycles. The normalized spacial score (nSPS) is 21.8. The monoisotopic (exact) mass is 387 g/mol. The number of nitrogens with zero attached hydrogens (tertiary/aromatic N) is 1. The predicted molar refractivity (Wildman–Crippen MR) is 99.8 cm³/mol. The Kier molecular flexibility index (Phi) is 6.16. The molecular formula is C21H25NO6. The van der Waals surface area contributed by atoms with Gasteiger partial charge in [0.05, 0.1) is 19.5 Å². The number of rotatable bonds is 6. The summed E-state index contributed by atoms with van der Waals surface area (Å²) in [6.07, 6.45) is 1.05. The molecule has 2 atom stereocenters. The van der Waals surface area contributed by atoms with Crippen molar-refractivity contribution in [1.82, 2.24) is 5.06 Å². The molecule has 1 fully saturated rings. The van der Waals surface area contributed by atoms with E-state index in [0.717, 1.165) is 5.56 Å². The lowest BCUT2D eigenvalue weighted by atomic mass is 9.72. The molecule has 0 amide bonds. The summed E-state index contributed by atoms with van der Waals surface area (Å²) in [7, 11) is 1.68. The lowest BCUT2D eigenvalue weighted by molar-refractivity contribution is -0.281. The first-order chi connectivity index (χ1) is 13.5. The number of hydrogen-bond donors (Lipinski definition) is 0. The van der Waals surface area contributed by atoms with Crippen molar-refractivity contribution in [3.8, 4) is 0 Å². The summed E-state index contributed by atoms with van der Waals surface area (Å²) < 4.78 is 16.3. The first kappa shape index (κ1) is 20.1. The highest BCUT2D eigenvalue weighted by Gasteiger charge is 2.62. The Morgan fingerprint density at radius 2 is 1.71 bits per heavy atom. The Morgan fingerprint density at radius 1 is 1.07 bits per heavy atom. The number of hydroxylamine groups is 2. The Labute approximate surface area is 164 Å². The lowest BCUT2D eigenvalue weighted by Gasteiger charge is -2.46. The van der Waals surface area contributed by atoms with E-state index in [1.807, 2.05) is 30.3 Å². The summed E-state index contributed by atoms with van der Waals surface area (Å²) in [5, 5.41) is 1.49. The molecule has 3 rings (SSSR count). The van der Waals surface area contributed by atoms with Gasteiger partial charge in [0.15, 0.2) is 5.41 Å². The molecule has 2 aromatic rings. The fourth-order valence-corrected chi connectivity index (χ4v) is 3.72. The fourth-order valence-electron chi connectivity index (χ4n) is 3.72. The SMILES string of the molecule is CCOC(=O)C1(C(=O)OCC)C[C@@H](c2ccccc2)ON(C)[C@@H]1c1ccco1. The third kappa shape index (κ3) is 3.55. The van der Waals surface area contributed by atoms with Gasteiger partial charge in [-0.15, -0.1) is 0 Å². The summed E-state index contributed by atoms with van der Waals surface area (Å²) in [5.74, 6) is -0.869. The van der Waals surface area contributed by atoms with Crippen LogP contribution >= 0.6 is 0 Å². The topological polar surface area (TPSA) is 78.2 Å². The highest BCUT2D eigenvalue weighted by atomic mass is 16.7. The second-order valence-electron chi connectivity index (χ2n) is 6.59. The van der Waals surface area contributed by atoms with Crippen molar-refractivity contribution < 1.29 is 28.3 Å². The zero-order chi connectivity index (χ0) is 20.1. The minimum absolute atomic E-state index is 0.0738. The molecule has 2 heterocycles.